The van der Waals surface area contributed by atoms with Crippen LogP contribution in [0.4, 0.5) is 20.5 Å². The fourth-order valence-corrected chi connectivity index (χ4v) is 3.73. The van der Waals surface area contributed by atoms with Crippen LogP contribution in [-0.4, -0.2) is 58.4 Å². The van der Waals surface area contributed by atoms with Crippen LogP contribution in [0.3, 0.4) is 0 Å². The number of rotatable bonds is 4. The lowest BCUT2D eigenvalue weighted by atomic mass is 10.1. The highest BCUT2D eigenvalue weighted by Crippen LogP contribution is 2.32. The van der Waals surface area contributed by atoms with Gasteiger partial charge in [-0.15, -0.1) is 0 Å². The van der Waals surface area contributed by atoms with E-state index >= 15 is 0 Å². The van der Waals surface area contributed by atoms with Crippen molar-refractivity contribution in [3.05, 3.63) is 29.7 Å². The molecular formula is C20H24F2N6O2. The summed E-state index contributed by atoms with van der Waals surface area (Å²) in [5, 5.41) is 0. The summed E-state index contributed by atoms with van der Waals surface area (Å²) in [5.74, 6) is 1.06. The summed E-state index contributed by atoms with van der Waals surface area (Å²) < 4.78 is 38.4. The van der Waals surface area contributed by atoms with Crippen molar-refractivity contribution < 1.29 is 18.3 Å². The van der Waals surface area contributed by atoms with Crippen molar-refractivity contribution in [2.24, 2.45) is 0 Å². The van der Waals surface area contributed by atoms with Crippen LogP contribution in [0.2, 0.25) is 0 Å². The lowest BCUT2D eigenvalue weighted by Gasteiger charge is -2.39. The predicted octanol–water partition coefficient (Wildman–Crippen LogP) is 2.87. The molecule has 0 aromatic carbocycles. The van der Waals surface area contributed by atoms with Crippen LogP contribution in [-0.2, 0) is 9.47 Å². The number of ether oxygens (including phenoxy) is 2. The van der Waals surface area contributed by atoms with Gasteiger partial charge in [0.15, 0.2) is 11.6 Å². The Labute approximate surface area is 173 Å². The van der Waals surface area contributed by atoms with E-state index in [0.717, 1.165) is 11.6 Å². The molecule has 0 saturated carbocycles. The molecule has 0 radical (unpaired) electrons. The monoisotopic (exact) mass is 418 g/mol. The van der Waals surface area contributed by atoms with Gasteiger partial charge in [-0.05, 0) is 31.9 Å². The Bertz CT molecular complexity index is 945. The number of nitrogen functional groups attached to an aromatic ring is 1. The van der Waals surface area contributed by atoms with Crippen LogP contribution in [0.1, 0.15) is 38.1 Å². The minimum atomic E-state index is -2.74. The van der Waals surface area contributed by atoms with Crippen molar-refractivity contribution in [1.29, 1.82) is 0 Å². The van der Waals surface area contributed by atoms with Gasteiger partial charge in [-0.2, -0.15) is 9.97 Å². The molecule has 2 atom stereocenters. The van der Waals surface area contributed by atoms with Crippen molar-refractivity contribution in [3.8, 4) is 11.4 Å². The molecule has 160 valence electrons. The van der Waals surface area contributed by atoms with Crippen molar-refractivity contribution in [2.45, 2.75) is 38.8 Å². The van der Waals surface area contributed by atoms with E-state index in [2.05, 4.69) is 15.0 Å². The van der Waals surface area contributed by atoms with Gasteiger partial charge in [0.1, 0.15) is 5.82 Å². The first-order valence-corrected chi connectivity index (χ1v) is 9.87. The van der Waals surface area contributed by atoms with Gasteiger partial charge in [0, 0.05) is 17.3 Å². The number of morpholine rings is 1. The van der Waals surface area contributed by atoms with Gasteiger partial charge in [-0.25, -0.2) is 18.7 Å². The molecule has 2 aromatic rings. The van der Waals surface area contributed by atoms with Crippen LogP contribution in [0.15, 0.2) is 18.3 Å². The lowest BCUT2D eigenvalue weighted by molar-refractivity contribution is 0.0746. The third kappa shape index (κ3) is 4.10. The fourth-order valence-electron chi connectivity index (χ4n) is 3.73. The average molecular weight is 418 g/mol. The maximum atomic E-state index is 13.7. The van der Waals surface area contributed by atoms with Crippen LogP contribution in [0, 0.1) is 0 Å². The first kappa shape index (κ1) is 20.5. The molecule has 2 N–H and O–H groups in total. The Morgan fingerprint density at radius 2 is 1.83 bits per heavy atom. The molecule has 0 aliphatic carbocycles. The van der Waals surface area contributed by atoms with Gasteiger partial charge in [-0.1, -0.05) is 6.08 Å². The number of hydrogen-bond acceptors (Lipinski definition) is 8. The summed E-state index contributed by atoms with van der Waals surface area (Å²) in [6, 6.07) is 1.22. The molecule has 8 nitrogen and oxygen atoms in total. The normalized spacial score (nSPS) is 22.3. The zero-order chi connectivity index (χ0) is 21.3. The van der Waals surface area contributed by atoms with Gasteiger partial charge in [0.25, 0.3) is 6.43 Å². The van der Waals surface area contributed by atoms with Gasteiger partial charge in [0.2, 0.25) is 5.95 Å². The first-order valence-electron chi connectivity index (χ1n) is 9.87. The quantitative estimate of drug-likeness (QED) is 0.809. The minimum Gasteiger partial charge on any atom is -0.384 e. The Balaban J connectivity index is 1.87. The van der Waals surface area contributed by atoms with E-state index in [9.17, 15) is 8.78 Å². The molecule has 0 bridgehead atoms. The summed E-state index contributed by atoms with van der Waals surface area (Å²) in [6.07, 6.45) is 1.11. The molecule has 0 spiro atoms. The Morgan fingerprint density at radius 1 is 1.10 bits per heavy atom. The molecule has 1 saturated heterocycles. The summed E-state index contributed by atoms with van der Waals surface area (Å²) in [5.41, 5.74) is 6.42. The number of hydrogen-bond donors (Lipinski definition) is 1. The molecule has 4 rings (SSSR count). The second-order valence-corrected chi connectivity index (χ2v) is 7.48. The molecule has 0 amide bonds. The van der Waals surface area contributed by atoms with Crippen LogP contribution < -0.4 is 10.6 Å². The van der Waals surface area contributed by atoms with E-state index in [-0.39, 0.29) is 34.9 Å². The molecule has 2 aliphatic rings. The largest absolute Gasteiger partial charge is 0.384 e. The van der Waals surface area contributed by atoms with Gasteiger partial charge in [0.05, 0.1) is 38.5 Å². The molecule has 10 heteroatoms. The third-order valence-corrected chi connectivity index (χ3v) is 5.21. The molecule has 30 heavy (non-hydrogen) atoms. The SMILES string of the molecule is C[C@@H]1COC[C@H](C)N1c1nc(C2=CCOCC2)nc(-c2cnc(N)cc2C(F)F)n1. The maximum Gasteiger partial charge on any atom is 0.264 e. The molecular weight excluding hydrogens is 394 g/mol. The number of anilines is 2. The summed E-state index contributed by atoms with van der Waals surface area (Å²) in [7, 11) is 0. The maximum absolute atomic E-state index is 13.7. The number of halogens is 2. The average Bonchev–Trinajstić information content (AvgIpc) is 2.74. The fraction of sp³-hybridized carbons (Fsp3) is 0.500. The van der Waals surface area contributed by atoms with Gasteiger partial charge < -0.3 is 20.1 Å². The Kier molecular flexibility index (Phi) is 5.87. The van der Waals surface area contributed by atoms with E-state index < -0.39 is 6.43 Å². The van der Waals surface area contributed by atoms with Crippen molar-refractivity contribution in [1.82, 2.24) is 19.9 Å². The standard InChI is InChI=1S/C20H24F2N6O2/c1-11-9-30-10-12(2)28(11)20-26-18(13-3-5-29-6-4-13)25-19(27-20)15-8-24-16(23)7-14(15)17(21)22/h3,7-8,11-12,17H,4-6,9-10H2,1-2H3,(H2,23,24)/t11-,12+. The van der Waals surface area contributed by atoms with Gasteiger partial charge in [-0.3, -0.25) is 0 Å². The van der Waals surface area contributed by atoms with Crippen LogP contribution in [0.5, 0.6) is 0 Å². The van der Waals surface area contributed by atoms with Crippen molar-refractivity contribution in [2.75, 3.05) is 37.1 Å². The molecule has 2 aromatic heterocycles. The highest BCUT2D eigenvalue weighted by Gasteiger charge is 2.30. The van der Waals surface area contributed by atoms with E-state index in [1.807, 2.05) is 24.8 Å². The first-order chi connectivity index (χ1) is 14.4. The number of alkyl halides is 2. The highest BCUT2D eigenvalue weighted by molar-refractivity contribution is 5.67. The zero-order valence-corrected chi connectivity index (χ0v) is 16.9. The smallest absolute Gasteiger partial charge is 0.264 e. The van der Waals surface area contributed by atoms with Crippen LogP contribution in [0.25, 0.3) is 17.0 Å². The zero-order valence-electron chi connectivity index (χ0n) is 16.9. The highest BCUT2D eigenvalue weighted by atomic mass is 19.3. The predicted molar refractivity (Wildman–Crippen MR) is 108 cm³/mol. The van der Waals surface area contributed by atoms with Gasteiger partial charge >= 0.3 is 0 Å². The van der Waals surface area contributed by atoms with E-state index in [1.54, 1.807) is 0 Å². The summed E-state index contributed by atoms with van der Waals surface area (Å²) in [6.45, 7) is 6.11. The summed E-state index contributed by atoms with van der Waals surface area (Å²) in [4.78, 5) is 19.8. The lowest BCUT2D eigenvalue weighted by Crippen LogP contribution is -2.50. The number of nitrogens with zero attached hydrogens (tertiary/aromatic N) is 5. The number of nitrogens with two attached hydrogens (primary N) is 1. The number of aromatic nitrogens is 4. The Morgan fingerprint density at radius 3 is 2.50 bits per heavy atom. The van der Waals surface area contributed by atoms with E-state index in [0.29, 0.717) is 44.6 Å². The molecule has 2 aliphatic heterocycles. The molecule has 4 heterocycles. The second-order valence-electron chi connectivity index (χ2n) is 7.48. The Hall–Kier alpha value is -2.72. The minimum absolute atomic E-state index is 0.0196. The summed E-state index contributed by atoms with van der Waals surface area (Å²) >= 11 is 0. The van der Waals surface area contributed by atoms with E-state index in [4.69, 9.17) is 20.2 Å². The van der Waals surface area contributed by atoms with Crippen LogP contribution >= 0.6 is 0 Å². The second kappa shape index (κ2) is 8.57. The molecule has 0 unspecified atom stereocenters. The number of pyridine rings is 1. The van der Waals surface area contributed by atoms with Crippen molar-refractivity contribution >= 4 is 17.3 Å². The topological polar surface area (TPSA) is 99.3 Å². The van der Waals surface area contributed by atoms with E-state index in [1.165, 1.54) is 6.20 Å². The molecule has 1 fully saturated rings. The van der Waals surface area contributed by atoms with Crippen molar-refractivity contribution in [3.63, 3.8) is 0 Å². The third-order valence-electron chi connectivity index (χ3n) is 5.21.